The molecule has 0 aliphatic heterocycles. The van der Waals surface area contributed by atoms with Crippen molar-refractivity contribution in [3.05, 3.63) is 85.1 Å². The molecule has 0 aromatic heterocycles. The molecule has 0 heterocycles. The van der Waals surface area contributed by atoms with Gasteiger partial charge in [0.2, 0.25) is 0 Å². The molecule has 390 valence electrons. The molecule has 68 heavy (non-hydrogen) atoms. The Labute approximate surface area is 420 Å². The Balaban J connectivity index is 4.46. The summed E-state index contributed by atoms with van der Waals surface area (Å²) in [5, 5.41) is 0. The summed E-state index contributed by atoms with van der Waals surface area (Å²) >= 11 is 0. The molecule has 0 aromatic rings. The smallest absolute Gasteiger partial charge is 0.306 e. The Morgan fingerprint density at radius 1 is 0.309 bits per heavy atom. The zero-order valence-electron chi connectivity index (χ0n) is 44.6. The van der Waals surface area contributed by atoms with E-state index in [1.54, 1.807) is 0 Å². The highest BCUT2D eigenvalue weighted by molar-refractivity contribution is 5.71. The van der Waals surface area contributed by atoms with Crippen molar-refractivity contribution in [3.63, 3.8) is 0 Å². The molecule has 0 radical (unpaired) electrons. The highest BCUT2D eigenvalue weighted by atomic mass is 16.6. The molecule has 6 nitrogen and oxygen atoms in total. The van der Waals surface area contributed by atoms with Gasteiger partial charge in [0.25, 0.3) is 0 Å². The Morgan fingerprint density at radius 3 is 0.926 bits per heavy atom. The molecular weight excluding hydrogens is 841 g/mol. The van der Waals surface area contributed by atoms with E-state index in [0.717, 1.165) is 89.9 Å². The van der Waals surface area contributed by atoms with Crippen LogP contribution in [-0.2, 0) is 28.6 Å². The van der Waals surface area contributed by atoms with Crippen LogP contribution in [-0.4, -0.2) is 37.2 Å². The van der Waals surface area contributed by atoms with Crippen molar-refractivity contribution in [1.29, 1.82) is 0 Å². The molecule has 0 rings (SSSR count). The second-order valence-corrected chi connectivity index (χ2v) is 19.0. The number of allylic oxidation sites excluding steroid dienone is 14. The van der Waals surface area contributed by atoms with Crippen molar-refractivity contribution in [3.8, 4) is 0 Å². The van der Waals surface area contributed by atoms with Crippen LogP contribution in [0, 0.1) is 0 Å². The van der Waals surface area contributed by atoms with Gasteiger partial charge in [-0.25, -0.2) is 0 Å². The van der Waals surface area contributed by atoms with Gasteiger partial charge in [0.15, 0.2) is 6.10 Å². The zero-order chi connectivity index (χ0) is 49.3. The van der Waals surface area contributed by atoms with Crippen LogP contribution < -0.4 is 0 Å². The molecule has 0 saturated carbocycles. The van der Waals surface area contributed by atoms with Crippen molar-refractivity contribution < 1.29 is 28.6 Å². The summed E-state index contributed by atoms with van der Waals surface area (Å²) in [4.78, 5) is 38.1. The largest absolute Gasteiger partial charge is 0.462 e. The normalized spacial score (nSPS) is 12.7. The van der Waals surface area contributed by atoms with E-state index in [-0.39, 0.29) is 31.1 Å². The summed E-state index contributed by atoms with van der Waals surface area (Å²) < 4.78 is 16.8. The van der Waals surface area contributed by atoms with Gasteiger partial charge in [0.1, 0.15) is 13.2 Å². The number of hydrogen-bond donors (Lipinski definition) is 0. The van der Waals surface area contributed by atoms with Crippen LogP contribution in [0.2, 0.25) is 0 Å². The van der Waals surface area contributed by atoms with E-state index in [2.05, 4.69) is 57.2 Å². The SMILES string of the molecule is CC\C=C/C=C\C=C/C=C\C=C/CCCCCC(=O)OCC(COC(=O)CCCCCCC/C=C\C=C/CCCCCCCCC)OC(=O)CCCCCCCCCCCCCCCCCCC. The zero-order valence-corrected chi connectivity index (χ0v) is 44.6. The van der Waals surface area contributed by atoms with Crippen molar-refractivity contribution in [2.75, 3.05) is 13.2 Å². The number of esters is 3. The van der Waals surface area contributed by atoms with Gasteiger partial charge in [-0.2, -0.15) is 0 Å². The summed E-state index contributed by atoms with van der Waals surface area (Å²) in [7, 11) is 0. The maximum atomic E-state index is 12.9. The van der Waals surface area contributed by atoms with Crippen LogP contribution in [0.1, 0.15) is 271 Å². The first kappa shape index (κ1) is 64.6. The number of unbranched alkanes of at least 4 members (excludes halogenated alkanes) is 31. The highest BCUT2D eigenvalue weighted by Crippen LogP contribution is 2.16. The molecule has 0 amide bonds. The molecule has 1 unspecified atom stereocenters. The minimum Gasteiger partial charge on any atom is -0.462 e. The lowest BCUT2D eigenvalue weighted by molar-refractivity contribution is -0.167. The van der Waals surface area contributed by atoms with E-state index < -0.39 is 6.10 Å². The van der Waals surface area contributed by atoms with Gasteiger partial charge in [-0.15, -0.1) is 0 Å². The molecular formula is C62H106O6. The van der Waals surface area contributed by atoms with Gasteiger partial charge in [-0.1, -0.05) is 273 Å². The lowest BCUT2D eigenvalue weighted by Crippen LogP contribution is -2.30. The second-order valence-electron chi connectivity index (χ2n) is 19.0. The van der Waals surface area contributed by atoms with Gasteiger partial charge < -0.3 is 14.2 Å². The Hall–Kier alpha value is -3.41. The highest BCUT2D eigenvalue weighted by Gasteiger charge is 2.19. The number of carbonyl (C=O) groups is 3. The monoisotopic (exact) mass is 947 g/mol. The number of rotatable bonds is 51. The molecule has 1 atom stereocenters. The van der Waals surface area contributed by atoms with Crippen molar-refractivity contribution in [2.24, 2.45) is 0 Å². The van der Waals surface area contributed by atoms with Crippen molar-refractivity contribution in [1.82, 2.24) is 0 Å². The van der Waals surface area contributed by atoms with Gasteiger partial charge in [0.05, 0.1) is 0 Å². The predicted molar refractivity (Wildman–Crippen MR) is 293 cm³/mol. The number of ether oxygens (including phenoxy) is 3. The molecule has 0 aromatic carbocycles. The topological polar surface area (TPSA) is 78.9 Å². The third-order valence-electron chi connectivity index (χ3n) is 12.3. The van der Waals surface area contributed by atoms with E-state index in [1.807, 2.05) is 48.6 Å². The van der Waals surface area contributed by atoms with Crippen LogP contribution in [0.4, 0.5) is 0 Å². The Bertz CT molecular complexity index is 1320. The molecule has 0 spiro atoms. The van der Waals surface area contributed by atoms with E-state index in [4.69, 9.17) is 14.2 Å². The summed E-state index contributed by atoms with van der Waals surface area (Å²) in [6.07, 6.45) is 72.9. The first-order valence-corrected chi connectivity index (χ1v) is 28.7. The van der Waals surface area contributed by atoms with E-state index in [1.165, 1.54) is 141 Å². The molecule has 6 heteroatoms. The van der Waals surface area contributed by atoms with E-state index >= 15 is 0 Å². The molecule has 0 bridgehead atoms. The van der Waals surface area contributed by atoms with Crippen LogP contribution in [0.15, 0.2) is 85.1 Å². The van der Waals surface area contributed by atoms with Gasteiger partial charge in [-0.3, -0.25) is 14.4 Å². The average molecular weight is 948 g/mol. The molecule has 0 fully saturated rings. The maximum absolute atomic E-state index is 12.9. The number of carbonyl (C=O) groups excluding carboxylic acids is 3. The first-order chi connectivity index (χ1) is 33.5. The molecule has 0 aliphatic rings. The van der Waals surface area contributed by atoms with Crippen molar-refractivity contribution in [2.45, 2.75) is 277 Å². The summed E-state index contributed by atoms with van der Waals surface area (Å²) in [6.45, 7) is 6.46. The minimum atomic E-state index is -0.800. The summed E-state index contributed by atoms with van der Waals surface area (Å²) in [5.74, 6) is -0.945. The van der Waals surface area contributed by atoms with E-state index in [0.29, 0.717) is 19.3 Å². The third-order valence-corrected chi connectivity index (χ3v) is 12.3. The molecule has 0 aliphatic carbocycles. The quantitative estimate of drug-likeness (QED) is 0.0262. The van der Waals surface area contributed by atoms with Gasteiger partial charge >= 0.3 is 17.9 Å². The Kier molecular flexibility index (Phi) is 53.4. The van der Waals surface area contributed by atoms with Crippen LogP contribution in [0.3, 0.4) is 0 Å². The Morgan fingerprint density at radius 2 is 0.574 bits per heavy atom. The van der Waals surface area contributed by atoms with Gasteiger partial charge in [-0.05, 0) is 64.2 Å². The predicted octanol–water partition coefficient (Wildman–Crippen LogP) is 19.2. The molecule has 0 N–H and O–H groups in total. The molecule has 0 saturated heterocycles. The van der Waals surface area contributed by atoms with Gasteiger partial charge in [0, 0.05) is 19.3 Å². The summed E-state index contributed by atoms with van der Waals surface area (Å²) in [6, 6.07) is 0. The van der Waals surface area contributed by atoms with Crippen LogP contribution in [0.5, 0.6) is 0 Å². The average Bonchev–Trinajstić information content (AvgIpc) is 3.34. The number of hydrogen-bond acceptors (Lipinski definition) is 6. The summed E-state index contributed by atoms with van der Waals surface area (Å²) in [5.41, 5.74) is 0. The maximum Gasteiger partial charge on any atom is 0.306 e. The second kappa shape index (κ2) is 56.2. The first-order valence-electron chi connectivity index (χ1n) is 28.7. The lowest BCUT2D eigenvalue weighted by atomic mass is 10.0. The van der Waals surface area contributed by atoms with Crippen molar-refractivity contribution >= 4 is 17.9 Å². The fraction of sp³-hybridized carbons (Fsp3) is 0.726. The fourth-order valence-electron chi connectivity index (χ4n) is 7.98. The minimum absolute atomic E-state index is 0.0969. The lowest BCUT2D eigenvalue weighted by Gasteiger charge is -2.18. The van der Waals surface area contributed by atoms with Crippen LogP contribution >= 0.6 is 0 Å². The van der Waals surface area contributed by atoms with E-state index in [9.17, 15) is 14.4 Å². The standard InChI is InChI=1S/C62H106O6/c1-4-7-10-13-16-19-22-25-28-30-32-34-37-40-43-46-49-52-55-61(64)67-58-59(57-66-60(63)54-51-48-45-42-39-36-33-27-24-21-18-15-12-9-6-3)68-62(65)56-53-50-47-44-41-38-35-31-29-26-23-20-17-14-11-8-5-2/h9,12,15,18,21,24,27-28,30,32-34,36,39,59H,4-8,10-11,13-14,16-17,19-20,22-23,25-26,29,31,35,37-38,40-58H2,1-3H3/b12-9-,18-15-,24-21-,30-28-,33-27-,34-32-,39-36-. The third kappa shape index (κ3) is 53.5. The fourth-order valence-corrected chi connectivity index (χ4v) is 7.98. The van der Waals surface area contributed by atoms with Crippen LogP contribution in [0.25, 0.3) is 0 Å².